The van der Waals surface area contributed by atoms with Crippen LogP contribution in [-0.4, -0.2) is 92.7 Å². The number of aromatic nitrogens is 2. The lowest BCUT2D eigenvalue weighted by atomic mass is 10.1. The summed E-state index contributed by atoms with van der Waals surface area (Å²) in [4.78, 5) is 56.5. The van der Waals surface area contributed by atoms with Crippen molar-refractivity contribution in [3.8, 4) is 0 Å². The Morgan fingerprint density at radius 3 is 2.09 bits per heavy atom. The lowest BCUT2D eigenvalue weighted by molar-refractivity contribution is -0.142. The van der Waals surface area contributed by atoms with Crippen molar-refractivity contribution in [2.24, 2.45) is 5.73 Å². The number of hydrogen-bond acceptors (Lipinski definition) is 9. The average molecular weight is 521 g/mol. The molecular formula is C19H32N6O5S3. The second kappa shape index (κ2) is 15.9. The third kappa shape index (κ3) is 10.7. The van der Waals surface area contributed by atoms with E-state index in [0.717, 1.165) is 0 Å². The number of aliphatic carboxylic acids is 1. The molecule has 0 saturated carbocycles. The van der Waals surface area contributed by atoms with Crippen molar-refractivity contribution in [2.45, 2.75) is 43.4 Å². The number of H-pyrrole nitrogens is 1. The van der Waals surface area contributed by atoms with Crippen LogP contribution in [0, 0.1) is 0 Å². The fourth-order valence-electron chi connectivity index (χ4n) is 2.73. The Hall–Kier alpha value is -1.90. The Morgan fingerprint density at radius 1 is 1.03 bits per heavy atom. The van der Waals surface area contributed by atoms with Crippen molar-refractivity contribution in [1.29, 1.82) is 0 Å². The first-order valence-corrected chi connectivity index (χ1v) is 13.6. The van der Waals surface area contributed by atoms with Gasteiger partial charge in [0.05, 0.1) is 12.4 Å². The number of aromatic amines is 1. The number of imidazole rings is 1. The van der Waals surface area contributed by atoms with Crippen molar-refractivity contribution in [1.82, 2.24) is 25.9 Å². The highest BCUT2D eigenvalue weighted by atomic mass is 32.2. The number of carbonyl (C=O) groups is 4. The molecule has 186 valence electrons. The molecular weight excluding hydrogens is 488 g/mol. The van der Waals surface area contributed by atoms with Gasteiger partial charge in [-0.25, -0.2) is 9.78 Å². The van der Waals surface area contributed by atoms with E-state index in [0.29, 0.717) is 17.2 Å². The van der Waals surface area contributed by atoms with Gasteiger partial charge in [-0.15, -0.1) is 0 Å². The first kappa shape index (κ1) is 29.1. The number of carboxylic acid groups (broad SMARTS) is 1. The minimum absolute atomic E-state index is 0.0929. The molecule has 4 atom stereocenters. The molecule has 7 N–H and O–H groups in total. The van der Waals surface area contributed by atoms with Crippen molar-refractivity contribution < 1.29 is 24.3 Å². The number of hydrogen-bond donors (Lipinski definition) is 7. The van der Waals surface area contributed by atoms with E-state index in [2.05, 4.69) is 38.5 Å². The maximum Gasteiger partial charge on any atom is 0.326 e. The Balaban J connectivity index is 2.97. The SMILES string of the molecule is CSCCC(NC(=O)C(CCSC)NC(=O)C(Cc1cnc[nH]1)NC(=O)C(N)CS)C(=O)O. The first-order valence-electron chi connectivity index (χ1n) is 10.2. The topological polar surface area (TPSA) is 179 Å². The summed E-state index contributed by atoms with van der Waals surface area (Å²) in [5.74, 6) is -1.68. The van der Waals surface area contributed by atoms with Crippen LogP contribution in [0.4, 0.5) is 0 Å². The Bertz CT molecular complexity index is 767. The molecule has 33 heavy (non-hydrogen) atoms. The predicted octanol–water partition coefficient (Wildman–Crippen LogP) is -0.745. The van der Waals surface area contributed by atoms with Gasteiger partial charge in [0.1, 0.15) is 18.1 Å². The molecule has 0 aliphatic carbocycles. The summed E-state index contributed by atoms with van der Waals surface area (Å²) in [6, 6.07) is -3.97. The van der Waals surface area contributed by atoms with E-state index in [4.69, 9.17) is 5.73 Å². The highest BCUT2D eigenvalue weighted by Gasteiger charge is 2.30. The summed E-state index contributed by atoms with van der Waals surface area (Å²) < 4.78 is 0. The second-order valence-electron chi connectivity index (χ2n) is 7.15. The van der Waals surface area contributed by atoms with E-state index in [9.17, 15) is 24.3 Å². The van der Waals surface area contributed by atoms with E-state index >= 15 is 0 Å². The van der Waals surface area contributed by atoms with E-state index in [1.807, 2.05) is 12.5 Å². The van der Waals surface area contributed by atoms with Gasteiger partial charge in [-0.1, -0.05) is 0 Å². The van der Waals surface area contributed by atoms with E-state index in [1.165, 1.54) is 36.0 Å². The number of carbonyl (C=O) groups excluding carboxylic acids is 3. The number of amides is 3. The number of thioether (sulfide) groups is 2. The fraction of sp³-hybridized carbons (Fsp3) is 0.632. The van der Waals surface area contributed by atoms with Gasteiger partial charge in [0, 0.05) is 24.1 Å². The normalized spacial score (nSPS) is 14.5. The van der Waals surface area contributed by atoms with Crippen LogP contribution in [0.3, 0.4) is 0 Å². The van der Waals surface area contributed by atoms with E-state index < -0.39 is 47.9 Å². The van der Waals surface area contributed by atoms with Gasteiger partial charge in [0.15, 0.2) is 0 Å². The molecule has 4 unspecified atom stereocenters. The van der Waals surface area contributed by atoms with Gasteiger partial charge >= 0.3 is 5.97 Å². The van der Waals surface area contributed by atoms with Crippen molar-refractivity contribution in [3.05, 3.63) is 18.2 Å². The molecule has 1 aromatic rings. The van der Waals surface area contributed by atoms with Crippen LogP contribution in [0.5, 0.6) is 0 Å². The molecule has 11 nitrogen and oxygen atoms in total. The summed E-state index contributed by atoms with van der Waals surface area (Å²) in [5.41, 5.74) is 6.31. The van der Waals surface area contributed by atoms with Gasteiger partial charge in [-0.3, -0.25) is 14.4 Å². The van der Waals surface area contributed by atoms with Gasteiger partial charge in [0.2, 0.25) is 17.7 Å². The van der Waals surface area contributed by atoms with Gasteiger partial charge in [0.25, 0.3) is 0 Å². The summed E-state index contributed by atoms with van der Waals surface area (Å²) in [6.45, 7) is 0. The number of nitrogens with two attached hydrogens (primary N) is 1. The fourth-order valence-corrected chi connectivity index (χ4v) is 3.84. The van der Waals surface area contributed by atoms with Crippen molar-refractivity contribution in [2.75, 3.05) is 29.8 Å². The van der Waals surface area contributed by atoms with E-state index in [-0.39, 0.29) is 25.0 Å². The molecule has 0 aliphatic heterocycles. The molecule has 1 heterocycles. The monoisotopic (exact) mass is 520 g/mol. The molecule has 0 radical (unpaired) electrons. The van der Waals surface area contributed by atoms with Crippen LogP contribution in [0.2, 0.25) is 0 Å². The Labute approximate surface area is 207 Å². The van der Waals surface area contributed by atoms with Gasteiger partial charge in [-0.05, 0) is 36.9 Å². The molecule has 1 aromatic heterocycles. The zero-order chi connectivity index (χ0) is 24.8. The molecule has 0 aliphatic rings. The average Bonchev–Trinajstić information content (AvgIpc) is 3.30. The molecule has 3 amide bonds. The first-order chi connectivity index (χ1) is 15.7. The number of thiol groups is 1. The Kier molecular flexibility index (Phi) is 14.0. The molecule has 0 aromatic carbocycles. The number of carboxylic acids is 1. The van der Waals surface area contributed by atoms with Crippen LogP contribution in [-0.2, 0) is 25.6 Å². The lowest BCUT2D eigenvalue weighted by Crippen LogP contribution is -2.58. The van der Waals surface area contributed by atoms with Crippen LogP contribution in [0.1, 0.15) is 18.5 Å². The predicted molar refractivity (Wildman–Crippen MR) is 134 cm³/mol. The zero-order valence-corrected chi connectivity index (χ0v) is 21.1. The van der Waals surface area contributed by atoms with Crippen LogP contribution >= 0.6 is 36.2 Å². The third-order valence-corrected chi connectivity index (χ3v) is 6.30. The van der Waals surface area contributed by atoms with Crippen LogP contribution in [0.25, 0.3) is 0 Å². The minimum Gasteiger partial charge on any atom is -0.480 e. The summed E-state index contributed by atoms with van der Waals surface area (Å²) in [6.07, 6.45) is 7.30. The number of nitrogens with one attached hydrogen (secondary N) is 4. The largest absolute Gasteiger partial charge is 0.480 e. The number of rotatable bonds is 16. The van der Waals surface area contributed by atoms with Crippen molar-refractivity contribution >= 4 is 59.8 Å². The molecule has 0 bridgehead atoms. The summed E-state index contributed by atoms with van der Waals surface area (Å²) in [7, 11) is 0. The summed E-state index contributed by atoms with van der Waals surface area (Å²) in [5, 5.41) is 17.2. The van der Waals surface area contributed by atoms with E-state index in [1.54, 1.807) is 0 Å². The standard InChI is InChI=1S/C19H32N6O5S3/c1-32-5-3-13(17(27)24-14(19(29)30)4-6-33-2)23-18(28)15(7-11-8-21-10-22-11)25-16(26)12(20)9-31/h8,10,12-15,31H,3-7,9,20H2,1-2H3,(H,21,22)(H,23,28)(H,24,27)(H,25,26)(H,29,30). The lowest BCUT2D eigenvalue weighted by Gasteiger charge is -2.25. The minimum atomic E-state index is -1.14. The maximum atomic E-state index is 13.1. The molecule has 0 spiro atoms. The maximum absolute atomic E-state index is 13.1. The molecule has 0 saturated heterocycles. The van der Waals surface area contributed by atoms with Crippen LogP contribution < -0.4 is 21.7 Å². The second-order valence-corrected chi connectivity index (χ2v) is 9.49. The van der Waals surface area contributed by atoms with Crippen LogP contribution in [0.15, 0.2) is 12.5 Å². The highest BCUT2D eigenvalue weighted by Crippen LogP contribution is 2.07. The zero-order valence-electron chi connectivity index (χ0n) is 18.6. The van der Waals surface area contributed by atoms with Crippen molar-refractivity contribution in [3.63, 3.8) is 0 Å². The molecule has 1 rings (SSSR count). The number of nitrogens with zero attached hydrogens (tertiary/aromatic N) is 1. The highest BCUT2D eigenvalue weighted by molar-refractivity contribution is 7.98. The quantitative estimate of drug-likeness (QED) is 0.138. The molecule has 14 heteroatoms. The van der Waals surface area contributed by atoms with Gasteiger partial charge in [-0.2, -0.15) is 36.2 Å². The molecule has 0 fully saturated rings. The van der Waals surface area contributed by atoms with Gasteiger partial charge < -0.3 is 31.8 Å². The third-order valence-electron chi connectivity index (χ3n) is 4.61. The Morgan fingerprint density at radius 2 is 1.58 bits per heavy atom. The summed E-state index contributed by atoms with van der Waals surface area (Å²) >= 11 is 6.96. The smallest absolute Gasteiger partial charge is 0.326 e.